The van der Waals surface area contributed by atoms with Gasteiger partial charge >= 0.3 is 0 Å². The number of hydrogen-bond donors (Lipinski definition) is 1. The summed E-state index contributed by atoms with van der Waals surface area (Å²) in [5.74, 6) is 2.03. The first-order valence-electron chi connectivity index (χ1n) is 7.19. The van der Waals surface area contributed by atoms with Crippen molar-refractivity contribution in [3.05, 3.63) is 59.0 Å². The number of nitrogens with zero attached hydrogens (tertiary/aromatic N) is 1. The molecule has 0 atom stereocenters. The number of aryl methyl sites for hydroxylation is 1. The smallest absolute Gasteiger partial charge is 0.118 e. The molecule has 0 saturated heterocycles. The second-order valence-electron chi connectivity index (χ2n) is 5.31. The molecule has 0 unspecified atom stereocenters. The molecule has 1 heterocycles. The van der Waals surface area contributed by atoms with E-state index in [1.54, 1.807) is 0 Å². The summed E-state index contributed by atoms with van der Waals surface area (Å²) in [4.78, 5) is 2.26. The molecule has 1 aromatic heterocycles. The van der Waals surface area contributed by atoms with Crippen molar-refractivity contribution in [2.45, 2.75) is 33.5 Å². The maximum atomic E-state index is 5.81. The Bertz CT molecular complexity index is 516. The Balaban J connectivity index is 1.86. The van der Waals surface area contributed by atoms with Crippen LogP contribution in [0.4, 0.5) is 0 Å². The lowest BCUT2D eigenvalue weighted by Gasteiger charge is -2.15. The topological polar surface area (TPSA) is 28.4 Å². The molecule has 0 aliphatic rings. The van der Waals surface area contributed by atoms with Gasteiger partial charge in [-0.2, -0.15) is 0 Å². The van der Waals surface area contributed by atoms with Crippen LogP contribution < -0.4 is 5.32 Å². The van der Waals surface area contributed by atoms with Gasteiger partial charge in [-0.25, -0.2) is 0 Å². The quantitative estimate of drug-likeness (QED) is 0.838. The molecule has 1 aromatic carbocycles. The Morgan fingerprint density at radius 2 is 1.70 bits per heavy atom. The normalized spacial score (nSPS) is 11.2. The van der Waals surface area contributed by atoms with Crippen molar-refractivity contribution < 1.29 is 4.42 Å². The summed E-state index contributed by atoms with van der Waals surface area (Å²) in [6.45, 7) is 7.74. The Labute approximate surface area is 121 Å². The first-order valence-corrected chi connectivity index (χ1v) is 7.19. The maximum Gasteiger partial charge on any atom is 0.118 e. The van der Waals surface area contributed by atoms with Crippen LogP contribution in [0.15, 0.2) is 40.8 Å². The van der Waals surface area contributed by atoms with Gasteiger partial charge in [-0.1, -0.05) is 36.8 Å². The van der Waals surface area contributed by atoms with Gasteiger partial charge in [-0.15, -0.1) is 0 Å². The van der Waals surface area contributed by atoms with Crippen molar-refractivity contribution in [3.8, 4) is 0 Å². The van der Waals surface area contributed by atoms with E-state index in [0.29, 0.717) is 0 Å². The minimum atomic E-state index is 0.804. The molecule has 20 heavy (non-hydrogen) atoms. The molecule has 2 aromatic rings. The van der Waals surface area contributed by atoms with E-state index in [0.717, 1.165) is 37.7 Å². The first-order chi connectivity index (χ1) is 9.67. The summed E-state index contributed by atoms with van der Waals surface area (Å²) < 4.78 is 5.81. The van der Waals surface area contributed by atoms with Crippen molar-refractivity contribution >= 4 is 0 Å². The number of benzene rings is 1. The van der Waals surface area contributed by atoms with Gasteiger partial charge in [-0.05, 0) is 38.2 Å². The van der Waals surface area contributed by atoms with E-state index in [1.807, 2.05) is 0 Å². The summed E-state index contributed by atoms with van der Waals surface area (Å²) >= 11 is 0. The van der Waals surface area contributed by atoms with Crippen LogP contribution in [0.3, 0.4) is 0 Å². The summed E-state index contributed by atoms with van der Waals surface area (Å²) in [6, 6.07) is 12.8. The van der Waals surface area contributed by atoms with E-state index in [1.165, 1.54) is 11.1 Å². The number of nitrogens with one attached hydrogen (secondary N) is 1. The van der Waals surface area contributed by atoms with E-state index >= 15 is 0 Å². The zero-order valence-corrected chi connectivity index (χ0v) is 12.6. The number of rotatable bonds is 7. The molecule has 0 amide bonds. The molecule has 3 heteroatoms. The van der Waals surface area contributed by atoms with Crippen molar-refractivity contribution in [3.63, 3.8) is 0 Å². The maximum absolute atomic E-state index is 5.81. The third kappa shape index (κ3) is 4.51. The highest BCUT2D eigenvalue weighted by molar-refractivity contribution is 5.21. The molecule has 3 nitrogen and oxygen atoms in total. The molecule has 1 N–H and O–H groups in total. The van der Waals surface area contributed by atoms with Gasteiger partial charge in [0.05, 0.1) is 13.1 Å². The van der Waals surface area contributed by atoms with E-state index < -0.39 is 0 Å². The molecule has 0 bridgehead atoms. The SMILES string of the molecule is CCNCc1ccc(CN(C)Cc2ccc(C)cc2)o1. The molecule has 2 rings (SSSR count). The molecule has 0 spiro atoms. The Kier molecular flexibility index (Phi) is 5.39. The van der Waals surface area contributed by atoms with Crippen LogP contribution in [0.1, 0.15) is 29.6 Å². The highest BCUT2D eigenvalue weighted by Gasteiger charge is 2.06. The van der Waals surface area contributed by atoms with E-state index in [9.17, 15) is 0 Å². The van der Waals surface area contributed by atoms with Crippen LogP contribution in [0.5, 0.6) is 0 Å². The van der Waals surface area contributed by atoms with E-state index in [4.69, 9.17) is 4.42 Å². The highest BCUT2D eigenvalue weighted by Crippen LogP contribution is 2.12. The molecular weight excluding hydrogens is 248 g/mol. The molecule has 0 saturated carbocycles. The Hall–Kier alpha value is -1.58. The van der Waals surface area contributed by atoms with Crippen LogP contribution in [0.25, 0.3) is 0 Å². The number of hydrogen-bond acceptors (Lipinski definition) is 3. The fourth-order valence-corrected chi connectivity index (χ4v) is 2.18. The average Bonchev–Trinajstić information content (AvgIpc) is 2.86. The molecule has 0 radical (unpaired) electrons. The summed E-state index contributed by atoms with van der Waals surface area (Å²) in [6.07, 6.45) is 0. The van der Waals surface area contributed by atoms with Crippen LogP contribution in [-0.2, 0) is 19.6 Å². The van der Waals surface area contributed by atoms with Gasteiger partial charge in [0.1, 0.15) is 11.5 Å². The van der Waals surface area contributed by atoms with Crippen molar-refractivity contribution in [1.82, 2.24) is 10.2 Å². The molecule has 0 aliphatic carbocycles. The van der Waals surface area contributed by atoms with Gasteiger partial charge in [-0.3, -0.25) is 4.90 Å². The van der Waals surface area contributed by atoms with E-state index in [2.05, 4.69) is 67.5 Å². The minimum absolute atomic E-state index is 0.804. The van der Waals surface area contributed by atoms with Crippen molar-refractivity contribution in [1.29, 1.82) is 0 Å². The average molecular weight is 272 g/mol. The summed E-state index contributed by atoms with van der Waals surface area (Å²) in [5, 5.41) is 3.27. The van der Waals surface area contributed by atoms with Gasteiger partial charge in [0.15, 0.2) is 0 Å². The zero-order valence-electron chi connectivity index (χ0n) is 12.6. The lowest BCUT2D eigenvalue weighted by molar-refractivity contribution is 0.282. The van der Waals surface area contributed by atoms with Crippen molar-refractivity contribution in [2.75, 3.05) is 13.6 Å². The van der Waals surface area contributed by atoms with Crippen LogP contribution >= 0.6 is 0 Å². The monoisotopic (exact) mass is 272 g/mol. The predicted molar refractivity (Wildman–Crippen MR) is 82.4 cm³/mol. The number of furan rings is 1. The Morgan fingerprint density at radius 3 is 2.40 bits per heavy atom. The van der Waals surface area contributed by atoms with Crippen LogP contribution in [0, 0.1) is 6.92 Å². The van der Waals surface area contributed by atoms with Gasteiger partial charge in [0.25, 0.3) is 0 Å². The van der Waals surface area contributed by atoms with E-state index in [-0.39, 0.29) is 0 Å². The minimum Gasteiger partial charge on any atom is -0.463 e. The third-order valence-corrected chi connectivity index (χ3v) is 3.27. The summed E-state index contributed by atoms with van der Waals surface area (Å²) in [7, 11) is 2.12. The summed E-state index contributed by atoms with van der Waals surface area (Å²) in [5.41, 5.74) is 2.63. The lowest BCUT2D eigenvalue weighted by atomic mass is 10.1. The van der Waals surface area contributed by atoms with Gasteiger partial charge in [0, 0.05) is 6.54 Å². The Morgan fingerprint density at radius 1 is 1.00 bits per heavy atom. The second-order valence-corrected chi connectivity index (χ2v) is 5.31. The van der Waals surface area contributed by atoms with Crippen LogP contribution in [-0.4, -0.2) is 18.5 Å². The largest absolute Gasteiger partial charge is 0.463 e. The molecular formula is C17H24N2O. The zero-order chi connectivity index (χ0) is 14.4. The molecule has 0 aliphatic heterocycles. The standard InChI is InChI=1S/C17H24N2O/c1-4-18-11-16-9-10-17(20-16)13-19(3)12-15-7-5-14(2)6-8-15/h5-10,18H,4,11-13H2,1-3H3. The van der Waals surface area contributed by atoms with Crippen molar-refractivity contribution in [2.24, 2.45) is 0 Å². The lowest BCUT2D eigenvalue weighted by Crippen LogP contribution is -2.16. The second kappa shape index (κ2) is 7.27. The fraction of sp³-hybridized carbons (Fsp3) is 0.412. The first kappa shape index (κ1) is 14.8. The molecule has 0 fully saturated rings. The third-order valence-electron chi connectivity index (χ3n) is 3.27. The van der Waals surface area contributed by atoms with Crippen LogP contribution in [0.2, 0.25) is 0 Å². The van der Waals surface area contributed by atoms with Gasteiger partial charge < -0.3 is 9.73 Å². The van der Waals surface area contributed by atoms with Gasteiger partial charge in [0.2, 0.25) is 0 Å². The highest BCUT2D eigenvalue weighted by atomic mass is 16.3. The predicted octanol–water partition coefficient (Wildman–Crippen LogP) is 3.33. The fourth-order valence-electron chi connectivity index (χ4n) is 2.18. The molecule has 108 valence electrons.